The Balaban J connectivity index is 2.05. The fourth-order valence-corrected chi connectivity index (χ4v) is 2.59. The Morgan fingerprint density at radius 3 is 2.60 bits per heavy atom. The molecule has 1 atom stereocenters. The molecule has 0 spiro atoms. The number of nitrogens with one attached hydrogen (secondary N) is 1. The van der Waals surface area contributed by atoms with E-state index in [2.05, 4.69) is 19.2 Å². The summed E-state index contributed by atoms with van der Waals surface area (Å²) in [7, 11) is -3.19. The second kappa shape index (κ2) is 6.14. The third-order valence-electron chi connectivity index (χ3n) is 3.45. The molecule has 20 heavy (non-hydrogen) atoms. The molecule has 1 saturated carbocycles. The Kier molecular flexibility index (Phi) is 4.70. The van der Waals surface area contributed by atoms with E-state index in [1.165, 1.54) is 19.1 Å². The highest BCUT2D eigenvalue weighted by Gasteiger charge is 2.24. The summed E-state index contributed by atoms with van der Waals surface area (Å²) in [5.41, 5.74) is 0. The third-order valence-corrected chi connectivity index (χ3v) is 4.56. The maximum atomic E-state index is 11.6. The maximum Gasteiger partial charge on any atom is 0.175 e. The van der Waals surface area contributed by atoms with Crippen LogP contribution in [0.3, 0.4) is 0 Å². The predicted molar refractivity (Wildman–Crippen MR) is 79.8 cm³/mol. The Hall–Kier alpha value is -1.07. The second-order valence-corrected chi connectivity index (χ2v) is 7.85. The molecule has 0 radical (unpaired) electrons. The topological polar surface area (TPSA) is 55.4 Å². The fraction of sp³-hybridized carbons (Fsp3) is 0.600. The molecule has 4 nitrogen and oxygen atoms in total. The van der Waals surface area contributed by atoms with Crippen molar-refractivity contribution in [1.29, 1.82) is 0 Å². The monoisotopic (exact) mass is 297 g/mol. The van der Waals surface area contributed by atoms with Crippen molar-refractivity contribution >= 4 is 9.84 Å². The van der Waals surface area contributed by atoms with Gasteiger partial charge in [0.25, 0.3) is 0 Å². The Morgan fingerprint density at radius 1 is 1.35 bits per heavy atom. The zero-order valence-corrected chi connectivity index (χ0v) is 13.1. The van der Waals surface area contributed by atoms with E-state index in [0.29, 0.717) is 22.6 Å². The molecule has 0 aliphatic heterocycles. The highest BCUT2D eigenvalue weighted by Crippen LogP contribution is 2.22. The average molecular weight is 297 g/mol. The zero-order chi connectivity index (χ0) is 14.8. The van der Waals surface area contributed by atoms with Crippen molar-refractivity contribution in [3.05, 3.63) is 24.3 Å². The van der Waals surface area contributed by atoms with E-state index in [4.69, 9.17) is 4.74 Å². The summed E-state index contributed by atoms with van der Waals surface area (Å²) in [6.07, 6.45) is 3.74. The molecule has 0 bridgehead atoms. The molecular formula is C15H23NO3S. The first-order valence-electron chi connectivity index (χ1n) is 7.06. The van der Waals surface area contributed by atoms with Crippen molar-refractivity contribution in [2.75, 3.05) is 12.8 Å². The molecule has 0 aromatic heterocycles. The van der Waals surface area contributed by atoms with Crippen LogP contribution >= 0.6 is 0 Å². The van der Waals surface area contributed by atoms with Crippen LogP contribution in [0, 0.1) is 5.92 Å². The van der Waals surface area contributed by atoms with Crippen LogP contribution in [0.2, 0.25) is 0 Å². The van der Waals surface area contributed by atoms with Gasteiger partial charge >= 0.3 is 0 Å². The van der Waals surface area contributed by atoms with E-state index in [9.17, 15) is 8.42 Å². The summed E-state index contributed by atoms with van der Waals surface area (Å²) >= 11 is 0. The summed E-state index contributed by atoms with van der Waals surface area (Å²) in [5.74, 6) is 0.979. The Bertz CT molecular complexity index is 550. The van der Waals surface area contributed by atoms with Gasteiger partial charge in [0.2, 0.25) is 0 Å². The van der Waals surface area contributed by atoms with Gasteiger partial charge in [-0.1, -0.05) is 19.9 Å². The minimum absolute atomic E-state index is 0.0467. The van der Waals surface area contributed by atoms with E-state index in [-0.39, 0.29) is 6.10 Å². The predicted octanol–water partition coefficient (Wildman–Crippen LogP) is 2.25. The van der Waals surface area contributed by atoms with E-state index < -0.39 is 9.84 Å². The largest absolute Gasteiger partial charge is 0.489 e. The first-order chi connectivity index (χ1) is 9.36. The lowest BCUT2D eigenvalue weighted by Gasteiger charge is -2.23. The normalized spacial score (nSPS) is 17.2. The quantitative estimate of drug-likeness (QED) is 0.838. The summed E-state index contributed by atoms with van der Waals surface area (Å²) in [5, 5.41) is 3.46. The van der Waals surface area contributed by atoms with Crippen LogP contribution in [0.25, 0.3) is 0 Å². The van der Waals surface area contributed by atoms with Crippen LogP contribution < -0.4 is 10.1 Å². The van der Waals surface area contributed by atoms with Crippen molar-refractivity contribution < 1.29 is 13.2 Å². The molecule has 1 fully saturated rings. The van der Waals surface area contributed by atoms with Gasteiger partial charge in [0, 0.05) is 18.8 Å². The van der Waals surface area contributed by atoms with Crippen molar-refractivity contribution in [1.82, 2.24) is 5.32 Å². The molecule has 1 aromatic rings. The van der Waals surface area contributed by atoms with Gasteiger partial charge in [-0.25, -0.2) is 8.42 Å². The minimum atomic E-state index is -3.19. The number of hydrogen-bond donors (Lipinski definition) is 1. The lowest BCUT2D eigenvalue weighted by atomic mass is 10.1. The highest BCUT2D eigenvalue weighted by atomic mass is 32.2. The third kappa shape index (κ3) is 4.49. The van der Waals surface area contributed by atoms with Crippen LogP contribution in [-0.4, -0.2) is 33.4 Å². The summed E-state index contributed by atoms with van der Waals surface area (Å²) in [6, 6.07) is 7.36. The first-order valence-corrected chi connectivity index (χ1v) is 8.95. The lowest BCUT2D eigenvalue weighted by molar-refractivity contribution is 0.148. The Labute approximate surface area is 121 Å². The van der Waals surface area contributed by atoms with E-state index in [1.807, 2.05) is 0 Å². The number of sulfone groups is 1. The van der Waals surface area contributed by atoms with E-state index >= 15 is 0 Å². The lowest BCUT2D eigenvalue weighted by Crippen LogP contribution is -2.36. The van der Waals surface area contributed by atoms with Gasteiger partial charge in [0.1, 0.15) is 11.9 Å². The van der Waals surface area contributed by atoms with Gasteiger partial charge in [0.05, 0.1) is 4.90 Å². The number of benzene rings is 1. The SMILES string of the molecule is CC(C)C(CNC1CC1)Oc1cccc(S(C)(=O)=O)c1. The standard InChI is InChI=1S/C15H23NO3S/c1-11(2)15(10-16-12-7-8-12)19-13-5-4-6-14(9-13)20(3,17)18/h4-6,9,11-12,15-16H,7-8,10H2,1-3H3. The fourth-order valence-electron chi connectivity index (χ4n) is 1.94. The number of hydrogen-bond acceptors (Lipinski definition) is 4. The molecular weight excluding hydrogens is 274 g/mol. The number of ether oxygens (including phenoxy) is 1. The van der Waals surface area contributed by atoms with Gasteiger partial charge in [-0.15, -0.1) is 0 Å². The van der Waals surface area contributed by atoms with Crippen LogP contribution in [0.1, 0.15) is 26.7 Å². The van der Waals surface area contributed by atoms with Gasteiger partial charge in [-0.05, 0) is 37.0 Å². The number of rotatable bonds is 7. The molecule has 1 N–H and O–H groups in total. The highest BCUT2D eigenvalue weighted by molar-refractivity contribution is 7.90. The first kappa shape index (κ1) is 15.3. The minimum Gasteiger partial charge on any atom is -0.489 e. The smallest absolute Gasteiger partial charge is 0.175 e. The van der Waals surface area contributed by atoms with Crippen molar-refractivity contribution in [3.8, 4) is 5.75 Å². The van der Waals surface area contributed by atoms with Gasteiger partial charge in [0.15, 0.2) is 9.84 Å². The Morgan fingerprint density at radius 2 is 2.05 bits per heavy atom. The molecule has 1 aliphatic rings. The van der Waals surface area contributed by atoms with Gasteiger partial charge < -0.3 is 10.1 Å². The van der Waals surface area contributed by atoms with E-state index in [1.54, 1.807) is 24.3 Å². The molecule has 1 unspecified atom stereocenters. The van der Waals surface area contributed by atoms with Crippen LogP contribution in [0.4, 0.5) is 0 Å². The van der Waals surface area contributed by atoms with Crippen molar-refractivity contribution in [2.45, 2.75) is 43.7 Å². The molecule has 2 rings (SSSR count). The summed E-state index contributed by atoms with van der Waals surface area (Å²) in [6.45, 7) is 5.02. The van der Waals surface area contributed by atoms with E-state index in [0.717, 1.165) is 6.54 Å². The maximum absolute atomic E-state index is 11.6. The molecule has 0 amide bonds. The van der Waals surface area contributed by atoms with Gasteiger partial charge in [-0.2, -0.15) is 0 Å². The molecule has 0 heterocycles. The van der Waals surface area contributed by atoms with Crippen LogP contribution in [0.5, 0.6) is 5.75 Å². The van der Waals surface area contributed by atoms with Crippen molar-refractivity contribution in [2.24, 2.45) is 5.92 Å². The second-order valence-electron chi connectivity index (χ2n) is 5.83. The zero-order valence-electron chi connectivity index (χ0n) is 12.3. The molecule has 1 aromatic carbocycles. The molecule has 0 saturated heterocycles. The van der Waals surface area contributed by atoms with Crippen LogP contribution in [-0.2, 0) is 9.84 Å². The molecule has 112 valence electrons. The summed E-state index contributed by atoms with van der Waals surface area (Å²) in [4.78, 5) is 0.299. The summed E-state index contributed by atoms with van der Waals surface area (Å²) < 4.78 is 29.1. The molecule has 5 heteroatoms. The molecule has 1 aliphatic carbocycles. The van der Waals surface area contributed by atoms with Gasteiger partial charge in [-0.3, -0.25) is 0 Å². The van der Waals surface area contributed by atoms with Crippen LogP contribution in [0.15, 0.2) is 29.2 Å². The van der Waals surface area contributed by atoms with Crippen molar-refractivity contribution in [3.63, 3.8) is 0 Å². The average Bonchev–Trinajstić information content (AvgIpc) is 3.17.